The van der Waals surface area contributed by atoms with Gasteiger partial charge >= 0.3 is 0 Å². The van der Waals surface area contributed by atoms with Crippen LogP contribution in [0.25, 0.3) is 22.0 Å². The predicted molar refractivity (Wildman–Crippen MR) is 202 cm³/mol. The Hall–Kier alpha value is -4.61. The number of nitrogens with one attached hydrogen (secondary N) is 3. The molecule has 1 atom stereocenters. The number of ether oxygens (including phenoxy) is 2. The third kappa shape index (κ3) is 7.69. The van der Waals surface area contributed by atoms with Crippen molar-refractivity contribution in [3.8, 4) is 22.6 Å². The van der Waals surface area contributed by atoms with Gasteiger partial charge in [0.05, 0.1) is 20.4 Å². The summed E-state index contributed by atoms with van der Waals surface area (Å²) < 4.78 is 13.5. The first-order chi connectivity index (χ1) is 24.8. The maximum atomic E-state index is 12.6. The molecule has 0 saturated carbocycles. The van der Waals surface area contributed by atoms with Crippen molar-refractivity contribution in [2.75, 3.05) is 58.8 Å². The summed E-state index contributed by atoms with van der Waals surface area (Å²) in [5.74, 6) is 2.78. The van der Waals surface area contributed by atoms with Gasteiger partial charge in [-0.2, -0.15) is 5.10 Å². The number of aromatic amines is 1. The summed E-state index contributed by atoms with van der Waals surface area (Å²) in [6, 6.07) is 12.6. The van der Waals surface area contributed by atoms with Crippen LogP contribution in [-0.4, -0.2) is 90.0 Å². The van der Waals surface area contributed by atoms with Crippen molar-refractivity contribution in [1.29, 1.82) is 0 Å². The smallest absolute Gasteiger partial charge is 0.276 e. The summed E-state index contributed by atoms with van der Waals surface area (Å²) in [6.07, 6.45) is 10.7. The monoisotopic (exact) mass is 693 g/mol. The van der Waals surface area contributed by atoms with Gasteiger partial charge < -0.3 is 34.5 Å². The molecule has 3 saturated heterocycles. The Morgan fingerprint density at radius 3 is 2.20 bits per heavy atom. The Morgan fingerprint density at radius 2 is 1.57 bits per heavy atom. The molecular formula is C40H51N7O4. The number of piperidine rings is 3. The van der Waals surface area contributed by atoms with Gasteiger partial charge in [-0.15, -0.1) is 0 Å². The number of rotatable bonds is 11. The first kappa shape index (κ1) is 34.8. The van der Waals surface area contributed by atoms with Crippen LogP contribution in [0, 0.1) is 5.92 Å². The van der Waals surface area contributed by atoms with Crippen LogP contribution in [0.15, 0.2) is 65.9 Å². The molecule has 0 radical (unpaired) electrons. The number of carbonyl (C=O) groups excluding carboxylic acids is 1. The van der Waals surface area contributed by atoms with Crippen LogP contribution in [0.5, 0.6) is 11.5 Å². The second kappa shape index (κ2) is 15.3. The predicted octanol–water partition coefficient (Wildman–Crippen LogP) is 5.28. The van der Waals surface area contributed by atoms with Crippen molar-refractivity contribution in [3.63, 3.8) is 0 Å². The fourth-order valence-corrected chi connectivity index (χ4v) is 8.16. The first-order valence-corrected chi connectivity index (χ1v) is 18.4. The average molecular weight is 694 g/mol. The first-order valence-electron chi connectivity index (χ1n) is 18.4. The largest absolute Gasteiger partial charge is 0.496 e. The number of fused-ring (bicyclic) bond motifs is 1. The van der Waals surface area contributed by atoms with Crippen molar-refractivity contribution in [2.45, 2.75) is 56.9 Å². The van der Waals surface area contributed by atoms with Gasteiger partial charge in [-0.1, -0.05) is 18.7 Å². The lowest BCUT2D eigenvalue weighted by Gasteiger charge is -2.36. The number of amides is 1. The van der Waals surface area contributed by atoms with E-state index in [1.54, 1.807) is 32.0 Å². The van der Waals surface area contributed by atoms with Crippen LogP contribution < -0.4 is 25.7 Å². The SMILES string of the molecule is C=C1CCC(Nc2ccc(C3CCN(CCN4CCC(Cc5c(OC)cc(-c6cn(C)c(=O)c7[nH]ncc67)cc5OC)CC4)CC3)cc2)C(=O)N1. The molecule has 7 rings (SSSR count). The number of methoxy groups -OCH3 is 2. The standard InChI is InChI=1S/C40H51N7O4/c1-26-5-10-35(39(48)42-26)43-31-8-6-28(7-9-31)29-13-17-47(18-14-29)20-19-46-15-11-27(12-16-46)21-32-36(50-3)22-30(23-37(32)51-4)34-25-45(2)40(49)38-33(34)24-41-44-38/h6-9,22-25,27,29,35,43H,1,5,10-21H2,2-4H3,(H,41,44)(H,42,48). The van der Waals surface area contributed by atoms with E-state index in [0.29, 0.717) is 17.4 Å². The zero-order valence-electron chi connectivity index (χ0n) is 30.2. The van der Waals surface area contributed by atoms with Crippen LogP contribution in [0.2, 0.25) is 0 Å². The Kier molecular flexibility index (Phi) is 10.5. The molecule has 0 spiro atoms. The molecule has 3 N–H and O–H groups in total. The Morgan fingerprint density at radius 1 is 0.922 bits per heavy atom. The maximum Gasteiger partial charge on any atom is 0.276 e. The number of allylic oxidation sites excluding steroid dienone is 1. The normalized spacial score (nSPS) is 19.7. The van der Waals surface area contributed by atoms with Gasteiger partial charge in [-0.3, -0.25) is 14.7 Å². The quantitative estimate of drug-likeness (QED) is 0.194. The van der Waals surface area contributed by atoms with Gasteiger partial charge in [-0.05, 0) is 118 Å². The zero-order valence-corrected chi connectivity index (χ0v) is 30.2. The summed E-state index contributed by atoms with van der Waals surface area (Å²) in [7, 11) is 5.19. The second-order valence-corrected chi connectivity index (χ2v) is 14.5. The van der Waals surface area contributed by atoms with Gasteiger partial charge in [0.1, 0.15) is 23.1 Å². The second-order valence-electron chi connectivity index (χ2n) is 14.5. The van der Waals surface area contributed by atoms with Crippen molar-refractivity contribution < 1.29 is 14.3 Å². The van der Waals surface area contributed by atoms with Gasteiger partial charge in [-0.25, -0.2) is 0 Å². The molecule has 0 aliphatic carbocycles. The summed E-state index contributed by atoms with van der Waals surface area (Å²) in [5, 5.41) is 14.0. The molecule has 1 unspecified atom stereocenters. The highest BCUT2D eigenvalue weighted by Gasteiger charge is 2.27. The number of anilines is 1. The van der Waals surface area contributed by atoms with Gasteiger partial charge in [0.25, 0.3) is 5.56 Å². The van der Waals surface area contributed by atoms with E-state index < -0.39 is 0 Å². The fourth-order valence-electron chi connectivity index (χ4n) is 8.16. The van der Waals surface area contributed by atoms with E-state index >= 15 is 0 Å². The van der Waals surface area contributed by atoms with E-state index in [1.165, 1.54) is 18.4 Å². The third-order valence-corrected chi connectivity index (χ3v) is 11.3. The minimum Gasteiger partial charge on any atom is -0.496 e. The molecule has 2 aromatic heterocycles. The fraction of sp³-hybridized carbons (Fsp3) is 0.475. The molecule has 5 heterocycles. The summed E-state index contributed by atoms with van der Waals surface area (Å²) >= 11 is 0. The molecule has 3 aliphatic heterocycles. The van der Waals surface area contributed by atoms with Gasteiger partial charge in [0, 0.05) is 54.2 Å². The van der Waals surface area contributed by atoms with Gasteiger partial charge in [0.2, 0.25) is 5.91 Å². The molecule has 4 aromatic rings. The lowest BCUT2D eigenvalue weighted by atomic mass is 9.88. The molecule has 3 aliphatic rings. The number of aromatic nitrogens is 3. The zero-order chi connectivity index (χ0) is 35.5. The Balaban J connectivity index is 0.879. The summed E-state index contributed by atoms with van der Waals surface area (Å²) in [6.45, 7) is 10.6. The van der Waals surface area contributed by atoms with Crippen molar-refractivity contribution in [3.05, 3.63) is 82.5 Å². The minimum absolute atomic E-state index is 0.00709. The summed E-state index contributed by atoms with van der Waals surface area (Å²) in [5.41, 5.74) is 6.52. The van der Waals surface area contributed by atoms with E-state index in [0.717, 1.165) is 116 Å². The molecular weight excluding hydrogens is 642 g/mol. The topological polar surface area (TPSA) is 117 Å². The molecule has 11 heteroatoms. The van der Waals surface area contributed by atoms with Crippen LogP contribution >= 0.6 is 0 Å². The van der Waals surface area contributed by atoms with E-state index in [-0.39, 0.29) is 17.5 Å². The molecule has 3 fully saturated rings. The van der Waals surface area contributed by atoms with Crippen molar-refractivity contribution in [2.24, 2.45) is 13.0 Å². The van der Waals surface area contributed by atoms with Crippen molar-refractivity contribution in [1.82, 2.24) is 29.9 Å². The number of likely N-dealkylation sites (tertiary alicyclic amines) is 2. The molecule has 51 heavy (non-hydrogen) atoms. The molecule has 2 aromatic carbocycles. The number of pyridine rings is 1. The van der Waals surface area contributed by atoms with Crippen LogP contribution in [0.4, 0.5) is 5.69 Å². The average Bonchev–Trinajstić information content (AvgIpc) is 3.65. The summed E-state index contributed by atoms with van der Waals surface area (Å²) in [4.78, 5) is 30.1. The van der Waals surface area contributed by atoms with Crippen LogP contribution in [0.3, 0.4) is 0 Å². The highest BCUT2D eigenvalue weighted by atomic mass is 16.5. The van der Waals surface area contributed by atoms with E-state index in [4.69, 9.17) is 9.47 Å². The van der Waals surface area contributed by atoms with Gasteiger partial charge in [0.15, 0.2) is 0 Å². The molecule has 11 nitrogen and oxygen atoms in total. The number of benzene rings is 2. The lowest BCUT2D eigenvalue weighted by Crippen LogP contribution is -2.43. The Bertz CT molecular complexity index is 1890. The molecule has 1 amide bonds. The molecule has 0 bridgehead atoms. The van der Waals surface area contributed by atoms with E-state index in [1.807, 2.05) is 6.20 Å². The minimum atomic E-state index is -0.199. The number of H-pyrrole nitrogens is 1. The highest BCUT2D eigenvalue weighted by Crippen LogP contribution is 2.39. The van der Waals surface area contributed by atoms with Crippen molar-refractivity contribution >= 4 is 22.5 Å². The van der Waals surface area contributed by atoms with Crippen LogP contribution in [0.1, 0.15) is 55.6 Å². The number of aryl methyl sites for hydroxylation is 1. The lowest BCUT2D eigenvalue weighted by molar-refractivity contribution is -0.122. The highest BCUT2D eigenvalue weighted by molar-refractivity contribution is 5.94. The van der Waals surface area contributed by atoms with Crippen LogP contribution in [-0.2, 0) is 18.3 Å². The number of carbonyl (C=O) groups is 1. The number of nitrogens with zero attached hydrogens (tertiary/aromatic N) is 4. The Labute approximate surface area is 300 Å². The maximum absolute atomic E-state index is 12.6. The number of hydrogen-bond acceptors (Lipinski definition) is 8. The third-order valence-electron chi connectivity index (χ3n) is 11.3. The molecule has 270 valence electrons. The van der Waals surface area contributed by atoms with E-state index in [9.17, 15) is 9.59 Å². The number of hydrogen-bond donors (Lipinski definition) is 3. The van der Waals surface area contributed by atoms with E-state index in [2.05, 4.69) is 73.6 Å².